The molecule has 0 amide bonds. The number of hydrogen-bond acceptors (Lipinski definition) is 2. The second kappa shape index (κ2) is 4.99. The molecule has 0 fully saturated rings. The Bertz CT molecular complexity index is 274. The van der Waals surface area contributed by atoms with E-state index in [0.29, 0.717) is 5.92 Å². The molecular weight excluding hydrogens is 174 g/mol. The predicted molar refractivity (Wildman–Crippen MR) is 58.7 cm³/mol. The zero-order chi connectivity index (χ0) is 10.6. The van der Waals surface area contributed by atoms with Crippen LogP contribution in [0.25, 0.3) is 0 Å². The van der Waals surface area contributed by atoms with Gasteiger partial charge in [-0.2, -0.15) is 0 Å². The molecule has 1 aromatic rings. The van der Waals surface area contributed by atoms with Crippen LogP contribution in [0.2, 0.25) is 0 Å². The topological polar surface area (TPSA) is 22.1 Å². The Morgan fingerprint density at radius 1 is 1.29 bits per heavy atom. The van der Waals surface area contributed by atoms with Crippen LogP contribution in [0.1, 0.15) is 31.5 Å². The summed E-state index contributed by atoms with van der Waals surface area (Å²) < 4.78 is 5.57. The number of aromatic nitrogens is 1. The zero-order valence-electron chi connectivity index (χ0n) is 9.50. The van der Waals surface area contributed by atoms with Crippen molar-refractivity contribution < 1.29 is 4.74 Å². The van der Waals surface area contributed by atoms with Gasteiger partial charge in [-0.05, 0) is 37.8 Å². The molecule has 0 saturated heterocycles. The largest absolute Gasteiger partial charge is 0.478 e. The summed E-state index contributed by atoms with van der Waals surface area (Å²) >= 11 is 0. The van der Waals surface area contributed by atoms with Gasteiger partial charge in [-0.25, -0.2) is 4.98 Å². The Morgan fingerprint density at radius 2 is 2.00 bits per heavy atom. The van der Waals surface area contributed by atoms with Crippen LogP contribution in [0, 0.1) is 19.8 Å². The summed E-state index contributed by atoms with van der Waals surface area (Å²) in [6.45, 7) is 9.19. The second-order valence-electron chi connectivity index (χ2n) is 4.16. The van der Waals surface area contributed by atoms with E-state index in [0.717, 1.165) is 24.6 Å². The number of nitrogens with zero attached hydrogens (tertiary/aromatic N) is 1. The second-order valence-corrected chi connectivity index (χ2v) is 4.16. The monoisotopic (exact) mass is 193 g/mol. The first-order valence-corrected chi connectivity index (χ1v) is 5.16. The number of pyridine rings is 1. The zero-order valence-corrected chi connectivity index (χ0v) is 9.50. The van der Waals surface area contributed by atoms with Gasteiger partial charge in [0.05, 0.1) is 6.61 Å². The molecule has 0 bridgehead atoms. The molecule has 1 rings (SSSR count). The summed E-state index contributed by atoms with van der Waals surface area (Å²) in [6, 6.07) is 4.03. The molecular formula is C12H19NO. The summed E-state index contributed by atoms with van der Waals surface area (Å²) in [4.78, 5) is 4.31. The molecule has 0 N–H and O–H groups in total. The Hall–Kier alpha value is -1.05. The first kappa shape index (κ1) is 11.0. The van der Waals surface area contributed by atoms with Gasteiger partial charge in [0.1, 0.15) is 0 Å². The molecule has 0 radical (unpaired) electrons. The van der Waals surface area contributed by atoms with Crippen molar-refractivity contribution in [1.29, 1.82) is 0 Å². The summed E-state index contributed by atoms with van der Waals surface area (Å²) in [7, 11) is 0. The lowest BCUT2D eigenvalue weighted by Crippen LogP contribution is -2.03. The van der Waals surface area contributed by atoms with Gasteiger partial charge in [0.15, 0.2) is 0 Å². The maximum atomic E-state index is 5.57. The minimum Gasteiger partial charge on any atom is -0.478 e. The fraction of sp³-hybridized carbons (Fsp3) is 0.583. The highest BCUT2D eigenvalue weighted by molar-refractivity contribution is 5.23. The number of hydrogen-bond donors (Lipinski definition) is 0. The predicted octanol–water partition coefficient (Wildman–Crippen LogP) is 3.12. The average molecular weight is 193 g/mol. The van der Waals surface area contributed by atoms with Gasteiger partial charge in [-0.3, -0.25) is 0 Å². The molecule has 1 heterocycles. The first-order chi connectivity index (χ1) is 6.58. The van der Waals surface area contributed by atoms with E-state index in [1.165, 1.54) is 5.56 Å². The van der Waals surface area contributed by atoms with E-state index in [1.807, 2.05) is 13.0 Å². The van der Waals surface area contributed by atoms with Crippen molar-refractivity contribution in [2.75, 3.05) is 6.61 Å². The third-order valence-electron chi connectivity index (χ3n) is 2.02. The SMILES string of the molecule is Cc1cc(C)nc(OCCC(C)C)c1. The molecule has 0 atom stereocenters. The van der Waals surface area contributed by atoms with E-state index in [1.54, 1.807) is 0 Å². The maximum absolute atomic E-state index is 5.57. The highest BCUT2D eigenvalue weighted by atomic mass is 16.5. The van der Waals surface area contributed by atoms with E-state index >= 15 is 0 Å². The van der Waals surface area contributed by atoms with E-state index in [-0.39, 0.29) is 0 Å². The fourth-order valence-electron chi connectivity index (χ4n) is 1.28. The molecule has 0 aliphatic carbocycles. The van der Waals surface area contributed by atoms with Crippen LogP contribution in [-0.4, -0.2) is 11.6 Å². The van der Waals surface area contributed by atoms with E-state index < -0.39 is 0 Å². The molecule has 0 spiro atoms. The Balaban J connectivity index is 2.50. The molecule has 14 heavy (non-hydrogen) atoms. The third-order valence-corrected chi connectivity index (χ3v) is 2.02. The van der Waals surface area contributed by atoms with Gasteiger partial charge < -0.3 is 4.74 Å². The van der Waals surface area contributed by atoms with E-state index in [9.17, 15) is 0 Å². The van der Waals surface area contributed by atoms with Crippen molar-refractivity contribution in [2.24, 2.45) is 5.92 Å². The van der Waals surface area contributed by atoms with Gasteiger partial charge in [0.2, 0.25) is 5.88 Å². The van der Waals surface area contributed by atoms with E-state index in [4.69, 9.17) is 4.74 Å². The lowest BCUT2D eigenvalue weighted by atomic mass is 10.1. The van der Waals surface area contributed by atoms with E-state index in [2.05, 4.69) is 31.8 Å². The molecule has 0 saturated carbocycles. The van der Waals surface area contributed by atoms with Crippen molar-refractivity contribution in [1.82, 2.24) is 4.98 Å². The van der Waals surface area contributed by atoms with Crippen molar-refractivity contribution in [3.8, 4) is 5.88 Å². The van der Waals surface area contributed by atoms with Crippen molar-refractivity contribution in [3.63, 3.8) is 0 Å². The lowest BCUT2D eigenvalue weighted by Gasteiger charge is -2.08. The van der Waals surface area contributed by atoms with Crippen LogP contribution in [0.3, 0.4) is 0 Å². The minimum absolute atomic E-state index is 0.681. The molecule has 78 valence electrons. The van der Waals surface area contributed by atoms with Gasteiger partial charge >= 0.3 is 0 Å². The molecule has 1 aromatic heterocycles. The van der Waals surface area contributed by atoms with Crippen LogP contribution >= 0.6 is 0 Å². The van der Waals surface area contributed by atoms with Crippen LogP contribution in [-0.2, 0) is 0 Å². The molecule has 2 nitrogen and oxygen atoms in total. The lowest BCUT2D eigenvalue weighted by molar-refractivity contribution is 0.279. The smallest absolute Gasteiger partial charge is 0.213 e. The van der Waals surface area contributed by atoms with Gasteiger partial charge in [-0.1, -0.05) is 13.8 Å². The summed E-state index contributed by atoms with van der Waals surface area (Å²) in [5, 5.41) is 0. The Labute approximate surface area is 86.3 Å². The molecule has 2 heteroatoms. The Kier molecular flexibility index (Phi) is 3.93. The summed E-state index contributed by atoms with van der Waals surface area (Å²) in [5.41, 5.74) is 2.22. The van der Waals surface area contributed by atoms with Crippen LogP contribution in [0.5, 0.6) is 5.88 Å². The normalized spacial score (nSPS) is 10.6. The fourth-order valence-corrected chi connectivity index (χ4v) is 1.28. The molecule has 0 aliphatic heterocycles. The number of aryl methyl sites for hydroxylation is 2. The average Bonchev–Trinajstić information content (AvgIpc) is 2.01. The van der Waals surface area contributed by atoms with Gasteiger partial charge in [0, 0.05) is 11.8 Å². The van der Waals surface area contributed by atoms with Gasteiger partial charge in [0.25, 0.3) is 0 Å². The van der Waals surface area contributed by atoms with Crippen molar-refractivity contribution >= 4 is 0 Å². The summed E-state index contributed by atoms with van der Waals surface area (Å²) in [6.07, 6.45) is 1.08. The minimum atomic E-state index is 0.681. The molecule has 0 aromatic carbocycles. The van der Waals surface area contributed by atoms with Crippen LogP contribution in [0.4, 0.5) is 0 Å². The quantitative estimate of drug-likeness (QED) is 0.733. The van der Waals surface area contributed by atoms with Crippen LogP contribution in [0.15, 0.2) is 12.1 Å². The first-order valence-electron chi connectivity index (χ1n) is 5.16. The molecule has 0 unspecified atom stereocenters. The standard InChI is InChI=1S/C12H19NO/c1-9(2)5-6-14-12-8-10(3)7-11(4)13-12/h7-9H,5-6H2,1-4H3. The maximum Gasteiger partial charge on any atom is 0.213 e. The van der Waals surface area contributed by atoms with Crippen LogP contribution < -0.4 is 4.74 Å². The summed E-state index contributed by atoms with van der Waals surface area (Å²) in [5.74, 6) is 1.43. The van der Waals surface area contributed by atoms with Crippen molar-refractivity contribution in [3.05, 3.63) is 23.4 Å². The highest BCUT2D eigenvalue weighted by Crippen LogP contribution is 2.12. The number of ether oxygens (including phenoxy) is 1. The number of rotatable bonds is 4. The molecule has 0 aliphatic rings. The van der Waals surface area contributed by atoms with Crippen molar-refractivity contribution in [2.45, 2.75) is 34.1 Å². The Morgan fingerprint density at radius 3 is 2.57 bits per heavy atom. The third kappa shape index (κ3) is 3.77. The highest BCUT2D eigenvalue weighted by Gasteiger charge is 1.99. The van der Waals surface area contributed by atoms with Gasteiger partial charge in [-0.15, -0.1) is 0 Å².